The molecule has 0 saturated heterocycles. The van der Waals surface area contributed by atoms with Crippen LogP contribution in [-0.2, 0) is 6.54 Å². The molecule has 0 atom stereocenters. The lowest BCUT2D eigenvalue weighted by molar-refractivity contribution is 0.491. The minimum Gasteiger partial charge on any atom is -0.382 e. The minimum atomic E-state index is -0.189. The Morgan fingerprint density at radius 2 is 2.14 bits per heavy atom. The van der Waals surface area contributed by atoms with E-state index in [1.54, 1.807) is 6.20 Å². The van der Waals surface area contributed by atoms with Crippen LogP contribution in [0, 0.1) is 5.92 Å². The molecule has 1 fully saturated rings. The van der Waals surface area contributed by atoms with Crippen molar-refractivity contribution in [1.82, 2.24) is 9.78 Å². The summed E-state index contributed by atoms with van der Waals surface area (Å²) in [5.41, 5.74) is 0.478. The molecule has 5 heteroatoms. The van der Waals surface area contributed by atoms with Crippen molar-refractivity contribution in [3.63, 3.8) is 0 Å². The summed E-state index contributed by atoms with van der Waals surface area (Å²) in [4.78, 5) is 12.1. The fourth-order valence-corrected chi connectivity index (χ4v) is 3.18. The van der Waals surface area contributed by atoms with Gasteiger partial charge in [-0.2, -0.15) is 5.10 Å². The third-order valence-corrected chi connectivity index (χ3v) is 4.65. The zero-order valence-corrected chi connectivity index (χ0v) is 13.7. The Balaban J connectivity index is 1.82. The third kappa shape index (κ3) is 4.73. The Morgan fingerprint density at radius 1 is 1.38 bits per heavy atom. The standard InChI is InChI=1S/C16H26ClN3O/c1-2-3-11-20-16(21)15(17)14(12-19-20)18-10-6-9-13-7-4-5-8-13/h12-13,18H,2-11H2,1H3. The molecular weight excluding hydrogens is 286 g/mol. The van der Waals surface area contributed by atoms with Gasteiger partial charge in [-0.15, -0.1) is 0 Å². The molecule has 0 spiro atoms. The molecule has 1 N–H and O–H groups in total. The normalized spacial score (nSPS) is 15.5. The highest BCUT2D eigenvalue weighted by Crippen LogP contribution is 2.28. The third-order valence-electron chi connectivity index (χ3n) is 4.29. The van der Waals surface area contributed by atoms with E-state index in [1.807, 2.05) is 0 Å². The first kappa shape index (κ1) is 16.3. The first-order valence-corrected chi connectivity index (χ1v) is 8.59. The molecule has 1 aromatic rings. The van der Waals surface area contributed by atoms with E-state index in [-0.39, 0.29) is 10.6 Å². The van der Waals surface area contributed by atoms with Gasteiger partial charge in [-0.1, -0.05) is 50.6 Å². The second-order valence-electron chi connectivity index (χ2n) is 5.97. The van der Waals surface area contributed by atoms with Gasteiger partial charge in [0.25, 0.3) is 5.56 Å². The van der Waals surface area contributed by atoms with Crippen molar-refractivity contribution in [2.45, 2.75) is 64.8 Å². The topological polar surface area (TPSA) is 46.9 Å². The van der Waals surface area contributed by atoms with Crippen molar-refractivity contribution >= 4 is 17.3 Å². The highest BCUT2D eigenvalue weighted by atomic mass is 35.5. The molecule has 2 rings (SSSR count). The predicted octanol–water partition coefficient (Wildman–Crippen LogP) is 4.08. The van der Waals surface area contributed by atoms with Crippen LogP contribution in [-0.4, -0.2) is 16.3 Å². The lowest BCUT2D eigenvalue weighted by Crippen LogP contribution is -2.24. The van der Waals surface area contributed by atoms with Crippen LogP contribution in [0.25, 0.3) is 0 Å². The molecule has 1 heterocycles. The number of halogens is 1. The fourth-order valence-electron chi connectivity index (χ4n) is 2.97. The van der Waals surface area contributed by atoms with Crippen molar-refractivity contribution in [1.29, 1.82) is 0 Å². The SMILES string of the molecule is CCCCn1ncc(NCCCC2CCCC2)c(Cl)c1=O. The van der Waals surface area contributed by atoms with Crippen LogP contribution in [0.15, 0.2) is 11.0 Å². The van der Waals surface area contributed by atoms with Crippen molar-refractivity contribution in [2.24, 2.45) is 5.92 Å². The zero-order chi connectivity index (χ0) is 15.1. The van der Waals surface area contributed by atoms with Gasteiger partial charge >= 0.3 is 0 Å². The molecule has 1 aliphatic rings. The molecule has 118 valence electrons. The van der Waals surface area contributed by atoms with Gasteiger partial charge in [-0.3, -0.25) is 4.79 Å². The summed E-state index contributed by atoms with van der Waals surface area (Å²) < 4.78 is 1.45. The summed E-state index contributed by atoms with van der Waals surface area (Å²) in [6.45, 7) is 3.58. The van der Waals surface area contributed by atoms with Crippen LogP contribution in [0.1, 0.15) is 58.3 Å². The van der Waals surface area contributed by atoms with Gasteiger partial charge in [0.05, 0.1) is 11.9 Å². The van der Waals surface area contributed by atoms with Gasteiger partial charge in [0.15, 0.2) is 0 Å². The molecule has 1 aliphatic carbocycles. The van der Waals surface area contributed by atoms with E-state index in [1.165, 1.54) is 36.8 Å². The van der Waals surface area contributed by atoms with Crippen LogP contribution in [0.3, 0.4) is 0 Å². The van der Waals surface area contributed by atoms with Crippen molar-refractivity contribution in [3.05, 3.63) is 21.6 Å². The molecule has 0 bridgehead atoms. The van der Waals surface area contributed by atoms with E-state index in [2.05, 4.69) is 17.3 Å². The maximum Gasteiger partial charge on any atom is 0.287 e. The maximum atomic E-state index is 12.1. The Bertz CT molecular complexity index is 495. The smallest absolute Gasteiger partial charge is 0.287 e. The van der Waals surface area contributed by atoms with E-state index < -0.39 is 0 Å². The Kier molecular flexibility index (Phi) is 6.55. The number of aromatic nitrogens is 2. The summed E-state index contributed by atoms with van der Waals surface area (Å²) in [5, 5.41) is 7.71. The first-order chi connectivity index (χ1) is 10.2. The Labute approximate surface area is 131 Å². The second kappa shape index (κ2) is 8.42. The minimum absolute atomic E-state index is 0.189. The second-order valence-corrected chi connectivity index (χ2v) is 6.35. The molecule has 21 heavy (non-hydrogen) atoms. The summed E-state index contributed by atoms with van der Waals surface area (Å²) in [6.07, 6.45) is 11.6. The van der Waals surface area contributed by atoms with Crippen molar-refractivity contribution < 1.29 is 0 Å². The van der Waals surface area contributed by atoms with Crippen LogP contribution in [0.4, 0.5) is 5.69 Å². The van der Waals surface area contributed by atoms with Gasteiger partial charge in [0.1, 0.15) is 5.02 Å². The van der Waals surface area contributed by atoms with E-state index in [0.717, 1.165) is 31.7 Å². The molecule has 0 unspecified atom stereocenters. The summed E-state index contributed by atoms with van der Waals surface area (Å²) in [5.74, 6) is 0.905. The quantitative estimate of drug-likeness (QED) is 0.736. The number of rotatable bonds is 8. The first-order valence-electron chi connectivity index (χ1n) is 8.22. The van der Waals surface area contributed by atoms with E-state index in [9.17, 15) is 4.79 Å². The highest BCUT2D eigenvalue weighted by molar-refractivity contribution is 6.32. The molecule has 0 amide bonds. The number of hydrogen-bond donors (Lipinski definition) is 1. The van der Waals surface area contributed by atoms with Gasteiger partial charge in [0.2, 0.25) is 0 Å². The van der Waals surface area contributed by atoms with E-state index in [0.29, 0.717) is 12.2 Å². The highest BCUT2D eigenvalue weighted by Gasteiger charge is 2.14. The predicted molar refractivity (Wildman–Crippen MR) is 88.1 cm³/mol. The van der Waals surface area contributed by atoms with Crippen LogP contribution in [0.2, 0.25) is 5.02 Å². The number of nitrogens with one attached hydrogen (secondary N) is 1. The average Bonchev–Trinajstić information content (AvgIpc) is 3.00. The van der Waals surface area contributed by atoms with E-state index >= 15 is 0 Å². The molecule has 0 aliphatic heterocycles. The van der Waals surface area contributed by atoms with Gasteiger partial charge in [-0.25, -0.2) is 4.68 Å². The molecule has 1 aromatic heterocycles. The number of nitrogens with zero attached hydrogens (tertiary/aromatic N) is 2. The van der Waals surface area contributed by atoms with Crippen molar-refractivity contribution in [2.75, 3.05) is 11.9 Å². The van der Waals surface area contributed by atoms with Crippen LogP contribution >= 0.6 is 11.6 Å². The number of hydrogen-bond acceptors (Lipinski definition) is 3. The van der Waals surface area contributed by atoms with Gasteiger partial charge in [-0.05, 0) is 25.2 Å². The average molecular weight is 312 g/mol. The number of unbranched alkanes of at least 4 members (excludes halogenated alkanes) is 1. The summed E-state index contributed by atoms with van der Waals surface area (Å²) in [6, 6.07) is 0. The zero-order valence-electron chi connectivity index (χ0n) is 12.9. The van der Waals surface area contributed by atoms with Crippen LogP contribution < -0.4 is 10.9 Å². The lowest BCUT2D eigenvalue weighted by atomic mass is 10.0. The molecule has 0 aromatic carbocycles. The molecule has 4 nitrogen and oxygen atoms in total. The van der Waals surface area contributed by atoms with Gasteiger partial charge in [0, 0.05) is 13.1 Å². The Hall–Kier alpha value is -1.03. The fraction of sp³-hybridized carbons (Fsp3) is 0.750. The monoisotopic (exact) mass is 311 g/mol. The number of anilines is 1. The molecular formula is C16H26ClN3O. The van der Waals surface area contributed by atoms with Crippen molar-refractivity contribution in [3.8, 4) is 0 Å². The largest absolute Gasteiger partial charge is 0.382 e. The Morgan fingerprint density at radius 3 is 2.86 bits per heavy atom. The summed E-state index contributed by atoms with van der Waals surface area (Å²) in [7, 11) is 0. The molecule has 1 saturated carbocycles. The number of aryl methyl sites for hydroxylation is 1. The summed E-state index contributed by atoms with van der Waals surface area (Å²) >= 11 is 6.15. The maximum absolute atomic E-state index is 12.1. The van der Waals surface area contributed by atoms with Gasteiger partial charge < -0.3 is 5.32 Å². The molecule has 0 radical (unpaired) electrons. The van der Waals surface area contributed by atoms with Crippen LogP contribution in [0.5, 0.6) is 0 Å². The van der Waals surface area contributed by atoms with E-state index in [4.69, 9.17) is 11.6 Å². The lowest BCUT2D eigenvalue weighted by Gasteiger charge is -2.12.